The first-order valence-electron chi connectivity index (χ1n) is 9.25. The number of rotatable bonds is 4. The number of amides is 1. The molecular weight excluding hydrogens is 346 g/mol. The molecule has 1 aliphatic rings. The molecule has 150 valence electrons. The second-order valence-electron chi connectivity index (χ2n) is 7.78. The topological polar surface area (TPSA) is 71.1 Å². The number of methoxy groups -OCH3 is 1. The van der Waals surface area contributed by atoms with Crippen molar-refractivity contribution >= 4 is 23.4 Å². The summed E-state index contributed by atoms with van der Waals surface area (Å²) in [6.07, 6.45) is -0.265. The summed E-state index contributed by atoms with van der Waals surface area (Å²) in [4.78, 5) is 28.1. The van der Waals surface area contributed by atoms with Crippen LogP contribution in [0, 0.1) is 6.92 Å². The van der Waals surface area contributed by atoms with E-state index in [-0.39, 0.29) is 12.4 Å². The van der Waals surface area contributed by atoms with E-state index in [1.165, 1.54) is 12.0 Å². The maximum Gasteiger partial charge on any atom is 0.414 e. The largest absolute Gasteiger partial charge is 0.469 e. The fourth-order valence-electron chi connectivity index (χ4n) is 3.02. The first-order chi connectivity index (χ1) is 12.6. The molecule has 0 unspecified atom stereocenters. The van der Waals surface area contributed by atoms with E-state index in [0.717, 1.165) is 43.0 Å². The summed E-state index contributed by atoms with van der Waals surface area (Å²) in [5, 5.41) is 3.34. The number of benzene rings is 1. The van der Waals surface area contributed by atoms with Crippen molar-refractivity contribution in [2.24, 2.45) is 0 Å². The highest BCUT2D eigenvalue weighted by Gasteiger charge is 2.24. The molecule has 1 fully saturated rings. The third-order valence-electron chi connectivity index (χ3n) is 4.55. The third kappa shape index (κ3) is 5.60. The molecule has 0 aromatic heterocycles. The van der Waals surface area contributed by atoms with Crippen LogP contribution in [0.4, 0.5) is 16.2 Å². The van der Waals surface area contributed by atoms with Crippen LogP contribution in [0.2, 0.25) is 0 Å². The molecule has 1 aliphatic heterocycles. The number of carbonyl (C=O) groups is 2. The predicted molar refractivity (Wildman–Crippen MR) is 107 cm³/mol. The molecule has 7 heteroatoms. The van der Waals surface area contributed by atoms with E-state index in [9.17, 15) is 9.59 Å². The number of ether oxygens (including phenoxy) is 2. The lowest BCUT2D eigenvalue weighted by atomic mass is 10.0. The average molecular weight is 377 g/mol. The van der Waals surface area contributed by atoms with Crippen LogP contribution in [0.1, 0.15) is 31.9 Å². The molecule has 0 saturated carbocycles. The van der Waals surface area contributed by atoms with Crippen molar-refractivity contribution in [3.8, 4) is 0 Å². The molecule has 0 spiro atoms. The Balaban J connectivity index is 2.41. The maximum absolute atomic E-state index is 12.5. The van der Waals surface area contributed by atoms with Crippen LogP contribution in [-0.2, 0) is 20.7 Å². The first-order valence-corrected chi connectivity index (χ1v) is 9.25. The molecule has 1 saturated heterocycles. The Kier molecular flexibility index (Phi) is 6.70. The number of hydrogen-bond acceptors (Lipinski definition) is 6. The Bertz CT molecular complexity index is 691. The molecule has 1 amide bonds. The number of esters is 1. The minimum Gasteiger partial charge on any atom is -0.469 e. The summed E-state index contributed by atoms with van der Waals surface area (Å²) in [7, 11) is 3.06. The summed E-state index contributed by atoms with van der Waals surface area (Å²) >= 11 is 0. The van der Waals surface area contributed by atoms with Gasteiger partial charge in [-0.15, -0.1) is 0 Å². The molecule has 1 aromatic rings. The van der Waals surface area contributed by atoms with Gasteiger partial charge in [-0.1, -0.05) is 0 Å². The molecule has 1 N–H and O–H groups in total. The quantitative estimate of drug-likeness (QED) is 0.813. The first kappa shape index (κ1) is 21.0. The zero-order valence-electron chi connectivity index (χ0n) is 17.2. The normalized spacial score (nSPS) is 14.7. The summed E-state index contributed by atoms with van der Waals surface area (Å²) in [6, 6.07) is 3.85. The van der Waals surface area contributed by atoms with Gasteiger partial charge in [0.05, 0.1) is 13.5 Å². The van der Waals surface area contributed by atoms with Gasteiger partial charge in [-0.2, -0.15) is 0 Å². The number of nitrogens with zero attached hydrogens (tertiary/aromatic N) is 2. The van der Waals surface area contributed by atoms with Gasteiger partial charge in [-0.3, -0.25) is 9.69 Å². The van der Waals surface area contributed by atoms with E-state index < -0.39 is 11.7 Å². The Morgan fingerprint density at radius 3 is 2.41 bits per heavy atom. The SMILES string of the molecule is COC(=O)Cc1cc(N(C)C(=O)OC(C)(C)C)cc(N2CCNCC2)c1C. The maximum atomic E-state index is 12.5. The van der Waals surface area contributed by atoms with Crippen LogP contribution in [0.15, 0.2) is 12.1 Å². The molecule has 1 heterocycles. The van der Waals surface area contributed by atoms with Gasteiger partial charge in [0.1, 0.15) is 5.60 Å². The van der Waals surface area contributed by atoms with Gasteiger partial charge < -0.3 is 19.7 Å². The summed E-state index contributed by atoms with van der Waals surface area (Å²) < 4.78 is 10.3. The number of piperazine rings is 1. The highest BCUT2D eigenvalue weighted by Crippen LogP contribution is 2.31. The van der Waals surface area contributed by atoms with Crippen molar-refractivity contribution in [2.75, 3.05) is 50.1 Å². The van der Waals surface area contributed by atoms with E-state index in [1.807, 2.05) is 39.8 Å². The second-order valence-corrected chi connectivity index (χ2v) is 7.78. The standard InChI is InChI=1S/C20H31N3O4/c1-14-15(12-18(24)26-6)11-16(22(5)19(25)27-20(2,3)4)13-17(14)23-9-7-21-8-10-23/h11,13,21H,7-10,12H2,1-6H3. The Labute approximate surface area is 161 Å². The monoisotopic (exact) mass is 377 g/mol. The zero-order valence-corrected chi connectivity index (χ0v) is 17.2. The zero-order chi connectivity index (χ0) is 20.2. The van der Waals surface area contributed by atoms with Crippen LogP contribution in [0.25, 0.3) is 0 Å². The van der Waals surface area contributed by atoms with Crippen LogP contribution in [0.5, 0.6) is 0 Å². The predicted octanol–water partition coefficient (Wildman–Crippen LogP) is 2.49. The molecule has 0 radical (unpaired) electrons. The lowest BCUT2D eigenvalue weighted by Crippen LogP contribution is -2.44. The fourth-order valence-corrected chi connectivity index (χ4v) is 3.02. The Hall–Kier alpha value is -2.28. The number of anilines is 2. The van der Waals surface area contributed by atoms with Gasteiger partial charge >= 0.3 is 12.1 Å². The summed E-state index contributed by atoms with van der Waals surface area (Å²) in [5.74, 6) is -0.304. The van der Waals surface area contributed by atoms with Crippen molar-refractivity contribution in [1.29, 1.82) is 0 Å². The van der Waals surface area contributed by atoms with E-state index in [4.69, 9.17) is 9.47 Å². The summed E-state index contributed by atoms with van der Waals surface area (Å²) in [5.41, 5.74) is 3.03. The van der Waals surface area contributed by atoms with Gasteiger partial charge in [0.2, 0.25) is 0 Å². The molecule has 27 heavy (non-hydrogen) atoms. The van der Waals surface area contributed by atoms with Gasteiger partial charge in [0.15, 0.2) is 0 Å². The van der Waals surface area contributed by atoms with Crippen LogP contribution in [-0.4, -0.2) is 58.0 Å². The van der Waals surface area contributed by atoms with Crippen LogP contribution in [0.3, 0.4) is 0 Å². The Morgan fingerprint density at radius 1 is 1.22 bits per heavy atom. The number of hydrogen-bond donors (Lipinski definition) is 1. The molecule has 0 bridgehead atoms. The lowest BCUT2D eigenvalue weighted by molar-refractivity contribution is -0.139. The highest BCUT2D eigenvalue weighted by atomic mass is 16.6. The van der Waals surface area contributed by atoms with Crippen molar-refractivity contribution < 1.29 is 19.1 Å². The minimum atomic E-state index is -0.577. The van der Waals surface area contributed by atoms with Gasteiger partial charge in [-0.25, -0.2) is 4.79 Å². The highest BCUT2D eigenvalue weighted by molar-refractivity contribution is 5.89. The van der Waals surface area contributed by atoms with Crippen molar-refractivity contribution in [3.05, 3.63) is 23.3 Å². The van der Waals surface area contributed by atoms with Crippen molar-refractivity contribution in [1.82, 2.24) is 5.32 Å². The summed E-state index contributed by atoms with van der Waals surface area (Å²) in [6.45, 7) is 11.1. The van der Waals surface area contributed by atoms with E-state index in [2.05, 4.69) is 10.2 Å². The molecule has 1 aromatic carbocycles. The van der Waals surface area contributed by atoms with Crippen LogP contribution >= 0.6 is 0 Å². The smallest absolute Gasteiger partial charge is 0.414 e. The fraction of sp³-hybridized carbons (Fsp3) is 0.600. The number of carbonyl (C=O) groups excluding carboxylic acids is 2. The van der Waals surface area contributed by atoms with Gasteiger partial charge in [0.25, 0.3) is 0 Å². The second kappa shape index (κ2) is 8.61. The van der Waals surface area contributed by atoms with Crippen LogP contribution < -0.4 is 15.1 Å². The number of nitrogens with one attached hydrogen (secondary N) is 1. The van der Waals surface area contributed by atoms with E-state index in [1.54, 1.807) is 7.05 Å². The molecule has 0 atom stereocenters. The van der Waals surface area contributed by atoms with Gasteiger partial charge in [0, 0.05) is 44.6 Å². The molecule has 2 rings (SSSR count). The van der Waals surface area contributed by atoms with E-state index >= 15 is 0 Å². The lowest BCUT2D eigenvalue weighted by Gasteiger charge is -2.33. The molecule has 7 nitrogen and oxygen atoms in total. The third-order valence-corrected chi connectivity index (χ3v) is 4.55. The Morgan fingerprint density at radius 2 is 1.85 bits per heavy atom. The van der Waals surface area contributed by atoms with Crippen molar-refractivity contribution in [3.63, 3.8) is 0 Å². The average Bonchev–Trinajstić information content (AvgIpc) is 2.61. The molecule has 0 aliphatic carbocycles. The molecular formula is C20H31N3O4. The van der Waals surface area contributed by atoms with Crippen molar-refractivity contribution in [2.45, 2.75) is 39.7 Å². The minimum absolute atomic E-state index is 0.164. The van der Waals surface area contributed by atoms with E-state index in [0.29, 0.717) is 5.69 Å². The van der Waals surface area contributed by atoms with Gasteiger partial charge in [-0.05, 0) is 51.0 Å².